The molecule has 7 heteroatoms. The largest absolute Gasteiger partial charge is 0.489 e. The van der Waals surface area contributed by atoms with Crippen LogP contribution in [0.15, 0.2) is 76.8 Å². The van der Waals surface area contributed by atoms with Crippen LogP contribution in [0.1, 0.15) is 22.3 Å². The van der Waals surface area contributed by atoms with Crippen molar-refractivity contribution in [3.05, 3.63) is 99.0 Å². The molecule has 0 spiro atoms. The first-order valence-electron chi connectivity index (χ1n) is 10.3. The molecule has 1 fully saturated rings. The maximum atomic E-state index is 13.1. The molecule has 0 unspecified atom stereocenters. The van der Waals surface area contributed by atoms with Gasteiger partial charge in [-0.2, -0.15) is 0 Å². The molecule has 1 saturated heterocycles. The first-order valence-corrected chi connectivity index (χ1v) is 11.1. The van der Waals surface area contributed by atoms with Crippen LogP contribution in [0.4, 0.5) is 10.5 Å². The monoisotopic (exact) mass is 504 g/mol. The quantitative estimate of drug-likeness (QED) is 0.377. The van der Waals surface area contributed by atoms with E-state index in [1.807, 2.05) is 31.2 Å². The summed E-state index contributed by atoms with van der Waals surface area (Å²) in [5.41, 5.74) is 3.90. The molecular weight excluding hydrogens is 484 g/mol. The minimum absolute atomic E-state index is 0.120. The van der Waals surface area contributed by atoms with Crippen LogP contribution in [0, 0.1) is 13.8 Å². The zero-order chi connectivity index (χ0) is 23.5. The molecule has 0 bridgehead atoms. The number of benzene rings is 3. The van der Waals surface area contributed by atoms with Gasteiger partial charge in [0.2, 0.25) is 0 Å². The van der Waals surface area contributed by atoms with Gasteiger partial charge in [-0.05, 0) is 66.9 Å². The summed E-state index contributed by atoms with van der Waals surface area (Å²) in [7, 11) is 0. The first-order chi connectivity index (χ1) is 15.8. The normalized spacial score (nSPS) is 15.1. The van der Waals surface area contributed by atoms with Crippen molar-refractivity contribution in [3.8, 4) is 5.75 Å². The van der Waals surface area contributed by atoms with E-state index in [1.54, 1.807) is 49.4 Å². The molecule has 1 aliphatic rings. The Labute approximate surface area is 200 Å². The van der Waals surface area contributed by atoms with Crippen LogP contribution in [0.2, 0.25) is 0 Å². The van der Waals surface area contributed by atoms with Crippen molar-refractivity contribution in [2.45, 2.75) is 20.5 Å². The van der Waals surface area contributed by atoms with Crippen molar-refractivity contribution in [2.75, 3.05) is 4.90 Å². The van der Waals surface area contributed by atoms with Crippen LogP contribution in [-0.2, 0) is 16.2 Å². The number of urea groups is 1. The van der Waals surface area contributed by atoms with Crippen molar-refractivity contribution >= 4 is 45.5 Å². The lowest BCUT2D eigenvalue weighted by atomic mass is 10.1. The highest BCUT2D eigenvalue weighted by molar-refractivity contribution is 9.10. The second kappa shape index (κ2) is 9.42. The van der Waals surface area contributed by atoms with Gasteiger partial charge >= 0.3 is 6.03 Å². The predicted octanol–water partition coefficient (Wildman–Crippen LogP) is 5.31. The second-order valence-electron chi connectivity index (χ2n) is 7.73. The van der Waals surface area contributed by atoms with E-state index in [4.69, 9.17) is 4.74 Å². The van der Waals surface area contributed by atoms with Crippen LogP contribution in [0.5, 0.6) is 5.75 Å². The molecular formula is C26H21BrN2O4. The molecule has 0 aromatic heterocycles. The summed E-state index contributed by atoms with van der Waals surface area (Å²) in [4.78, 5) is 38.9. The Morgan fingerprint density at radius 3 is 2.30 bits per heavy atom. The molecule has 0 saturated carbocycles. The van der Waals surface area contributed by atoms with Gasteiger partial charge in [0.25, 0.3) is 11.8 Å². The number of nitrogens with one attached hydrogen (secondary N) is 1. The fraction of sp³-hybridized carbons (Fsp3) is 0.115. The molecule has 0 atom stereocenters. The number of rotatable bonds is 5. The van der Waals surface area contributed by atoms with Gasteiger partial charge in [0, 0.05) is 4.47 Å². The first kappa shape index (κ1) is 22.5. The van der Waals surface area contributed by atoms with Crippen LogP contribution in [0.3, 0.4) is 0 Å². The number of imide groups is 2. The number of hydrogen-bond donors (Lipinski definition) is 1. The Hall–Kier alpha value is -3.71. The number of amides is 4. The Bertz CT molecular complexity index is 1260. The summed E-state index contributed by atoms with van der Waals surface area (Å²) in [5.74, 6) is -0.732. The molecule has 0 aliphatic carbocycles. The minimum Gasteiger partial charge on any atom is -0.489 e. The average molecular weight is 505 g/mol. The van der Waals surface area contributed by atoms with Gasteiger partial charge in [0.05, 0.1) is 5.69 Å². The van der Waals surface area contributed by atoms with Crippen molar-refractivity contribution in [1.29, 1.82) is 0 Å². The lowest BCUT2D eigenvalue weighted by Crippen LogP contribution is -2.54. The minimum atomic E-state index is -0.771. The molecule has 3 aromatic rings. The summed E-state index contributed by atoms with van der Waals surface area (Å²) in [5, 5.41) is 2.25. The SMILES string of the molecule is Cc1ccc(COc2ccc(/C=C3/C(=O)NC(=O)N(c4ccc(Br)cc4C)C3=O)cc2)cc1. The van der Waals surface area contributed by atoms with E-state index in [1.165, 1.54) is 11.6 Å². The maximum Gasteiger partial charge on any atom is 0.335 e. The number of carbonyl (C=O) groups is 3. The molecule has 6 nitrogen and oxygen atoms in total. The van der Waals surface area contributed by atoms with Crippen LogP contribution >= 0.6 is 15.9 Å². The number of nitrogens with zero attached hydrogens (tertiary/aromatic N) is 1. The number of anilines is 1. The lowest BCUT2D eigenvalue weighted by Gasteiger charge is -2.27. The molecule has 1 aliphatic heterocycles. The standard InChI is InChI=1S/C26H21BrN2O4/c1-16-3-5-19(6-4-16)15-33-21-10-7-18(8-11-21)14-22-24(30)28-26(32)29(25(22)31)23-12-9-20(27)13-17(23)2/h3-14H,15H2,1-2H3,(H,28,30,32)/b22-14-. The van der Waals surface area contributed by atoms with Crippen LogP contribution in [0.25, 0.3) is 6.08 Å². The number of hydrogen-bond acceptors (Lipinski definition) is 4. The maximum absolute atomic E-state index is 13.1. The number of barbiturate groups is 1. The molecule has 1 heterocycles. The van der Waals surface area contributed by atoms with E-state index >= 15 is 0 Å². The van der Waals surface area contributed by atoms with Gasteiger partial charge in [-0.3, -0.25) is 14.9 Å². The summed E-state index contributed by atoms with van der Waals surface area (Å²) < 4.78 is 6.63. The molecule has 4 rings (SSSR count). The second-order valence-corrected chi connectivity index (χ2v) is 8.65. The van der Waals surface area contributed by atoms with Crippen LogP contribution in [-0.4, -0.2) is 17.8 Å². The molecule has 4 amide bonds. The molecule has 33 heavy (non-hydrogen) atoms. The number of aryl methyl sites for hydroxylation is 2. The van der Waals surface area contributed by atoms with Gasteiger partial charge in [-0.15, -0.1) is 0 Å². The topological polar surface area (TPSA) is 75.7 Å². The lowest BCUT2D eigenvalue weighted by molar-refractivity contribution is -0.122. The van der Waals surface area contributed by atoms with Crippen molar-refractivity contribution in [1.82, 2.24) is 5.32 Å². The summed E-state index contributed by atoms with van der Waals surface area (Å²) in [6.07, 6.45) is 1.47. The van der Waals surface area contributed by atoms with E-state index in [9.17, 15) is 14.4 Å². The highest BCUT2D eigenvalue weighted by Gasteiger charge is 2.37. The summed E-state index contributed by atoms with van der Waals surface area (Å²) >= 11 is 3.37. The Kier molecular flexibility index (Phi) is 6.42. The van der Waals surface area contributed by atoms with E-state index in [-0.39, 0.29) is 5.57 Å². The number of halogens is 1. The third-order valence-corrected chi connectivity index (χ3v) is 5.71. The molecule has 166 valence electrons. The van der Waals surface area contributed by atoms with Gasteiger partial charge in [-0.25, -0.2) is 9.69 Å². The number of carbonyl (C=O) groups excluding carboxylic acids is 3. The molecule has 3 aromatic carbocycles. The highest BCUT2D eigenvalue weighted by Crippen LogP contribution is 2.28. The average Bonchev–Trinajstić information content (AvgIpc) is 2.78. The van der Waals surface area contributed by atoms with Crippen LogP contribution < -0.4 is 15.0 Å². The van der Waals surface area contributed by atoms with Gasteiger partial charge in [-0.1, -0.05) is 57.9 Å². The summed E-state index contributed by atoms with van der Waals surface area (Å²) in [6, 6.07) is 19.6. The fourth-order valence-corrected chi connectivity index (χ4v) is 3.90. The highest BCUT2D eigenvalue weighted by atomic mass is 79.9. The smallest absolute Gasteiger partial charge is 0.335 e. The van der Waals surface area contributed by atoms with Gasteiger partial charge in [0.1, 0.15) is 17.9 Å². The van der Waals surface area contributed by atoms with Gasteiger partial charge in [0.15, 0.2) is 0 Å². The van der Waals surface area contributed by atoms with E-state index in [0.29, 0.717) is 23.6 Å². The van der Waals surface area contributed by atoms with E-state index < -0.39 is 17.8 Å². The fourth-order valence-electron chi connectivity index (χ4n) is 3.42. The number of ether oxygens (including phenoxy) is 1. The van der Waals surface area contributed by atoms with Crippen molar-refractivity contribution in [2.24, 2.45) is 0 Å². The zero-order valence-electron chi connectivity index (χ0n) is 18.1. The Morgan fingerprint density at radius 1 is 0.939 bits per heavy atom. The summed E-state index contributed by atoms with van der Waals surface area (Å²) in [6.45, 7) is 4.26. The van der Waals surface area contributed by atoms with Crippen molar-refractivity contribution in [3.63, 3.8) is 0 Å². The Balaban J connectivity index is 1.53. The van der Waals surface area contributed by atoms with Crippen molar-refractivity contribution < 1.29 is 19.1 Å². The zero-order valence-corrected chi connectivity index (χ0v) is 19.7. The molecule has 1 N–H and O–H groups in total. The van der Waals surface area contributed by atoms with E-state index in [0.717, 1.165) is 20.5 Å². The predicted molar refractivity (Wildman–Crippen MR) is 130 cm³/mol. The third kappa shape index (κ3) is 5.04. The Morgan fingerprint density at radius 2 is 1.64 bits per heavy atom. The molecule has 0 radical (unpaired) electrons. The third-order valence-electron chi connectivity index (χ3n) is 5.22. The van der Waals surface area contributed by atoms with E-state index in [2.05, 4.69) is 21.2 Å². The van der Waals surface area contributed by atoms with Gasteiger partial charge < -0.3 is 4.74 Å².